The summed E-state index contributed by atoms with van der Waals surface area (Å²) in [7, 11) is 0. The number of allylic oxidation sites excluding steroid dienone is 1. The summed E-state index contributed by atoms with van der Waals surface area (Å²) in [4.78, 5) is 25.7. The van der Waals surface area contributed by atoms with Crippen LogP contribution in [0.1, 0.15) is 86.0 Å². The van der Waals surface area contributed by atoms with Gasteiger partial charge < -0.3 is 20.4 Å². The van der Waals surface area contributed by atoms with Crippen molar-refractivity contribution in [2.24, 2.45) is 34.5 Å². The Morgan fingerprint density at radius 3 is 2.42 bits per heavy atom. The van der Waals surface area contributed by atoms with Gasteiger partial charge in [-0.2, -0.15) is 0 Å². The Hall–Kier alpha value is -1.08. The number of aliphatic hydroxyl groups is 4. The molecule has 186 valence electrons. The average molecular weight is 463 g/mol. The number of fused-ring (bicyclic) bond motifs is 5. The zero-order valence-electron chi connectivity index (χ0n) is 20.8. The maximum absolute atomic E-state index is 13.2. The first kappa shape index (κ1) is 25.0. The molecule has 0 aromatic heterocycles. The first-order chi connectivity index (χ1) is 15.2. The lowest BCUT2D eigenvalue weighted by molar-refractivity contribution is -0.173. The van der Waals surface area contributed by atoms with Gasteiger partial charge >= 0.3 is 0 Å². The molecule has 0 saturated heterocycles. The van der Waals surface area contributed by atoms with Gasteiger partial charge in [0.15, 0.2) is 11.6 Å². The minimum atomic E-state index is -1.35. The number of hydrogen-bond donors (Lipinski definition) is 4. The summed E-state index contributed by atoms with van der Waals surface area (Å²) in [5.74, 6) is -0.738. The van der Waals surface area contributed by atoms with Crippen molar-refractivity contribution in [1.82, 2.24) is 0 Å². The van der Waals surface area contributed by atoms with Gasteiger partial charge in [-0.1, -0.05) is 27.7 Å². The van der Waals surface area contributed by atoms with E-state index in [1.807, 2.05) is 13.8 Å². The normalized spacial score (nSPS) is 45.7. The second-order valence-electron chi connectivity index (χ2n) is 12.6. The van der Waals surface area contributed by atoms with Crippen LogP contribution in [0, 0.1) is 34.5 Å². The van der Waals surface area contributed by atoms with Crippen LogP contribution in [-0.2, 0) is 9.59 Å². The van der Waals surface area contributed by atoms with Crippen LogP contribution in [0.25, 0.3) is 0 Å². The predicted octanol–water partition coefficient (Wildman–Crippen LogP) is 2.95. The first-order valence-electron chi connectivity index (χ1n) is 12.8. The van der Waals surface area contributed by atoms with Crippen LogP contribution in [0.3, 0.4) is 0 Å². The van der Waals surface area contributed by atoms with Gasteiger partial charge in [0, 0.05) is 17.8 Å². The molecule has 0 heterocycles. The number of rotatable bonds is 5. The lowest BCUT2D eigenvalue weighted by Gasteiger charge is -2.60. The van der Waals surface area contributed by atoms with Gasteiger partial charge in [0.1, 0.15) is 6.10 Å². The van der Waals surface area contributed by atoms with E-state index < -0.39 is 40.2 Å². The number of ketones is 2. The number of aliphatic hydroxyl groups excluding tert-OH is 2. The molecule has 0 radical (unpaired) electrons. The highest BCUT2D eigenvalue weighted by molar-refractivity contribution is 5.97. The molecule has 4 rings (SSSR count). The number of carbonyl (C=O) groups excluding carboxylic acids is 2. The maximum Gasteiger partial charge on any atom is 0.161 e. The molecule has 3 fully saturated rings. The van der Waals surface area contributed by atoms with Crippen molar-refractivity contribution in [2.75, 3.05) is 0 Å². The Morgan fingerprint density at radius 2 is 1.79 bits per heavy atom. The molecule has 0 aromatic rings. The molecular formula is C27H42O6. The highest BCUT2D eigenvalue weighted by atomic mass is 16.3. The molecule has 33 heavy (non-hydrogen) atoms. The Morgan fingerprint density at radius 1 is 1.12 bits per heavy atom. The van der Waals surface area contributed by atoms with Crippen LogP contribution in [-0.4, -0.2) is 55.4 Å². The van der Waals surface area contributed by atoms with Crippen LogP contribution < -0.4 is 0 Å². The molecule has 0 spiro atoms. The topological polar surface area (TPSA) is 115 Å². The average Bonchev–Trinajstić information content (AvgIpc) is 3.00. The van der Waals surface area contributed by atoms with E-state index in [9.17, 15) is 30.0 Å². The Kier molecular flexibility index (Phi) is 6.05. The minimum absolute atomic E-state index is 0.107. The largest absolute Gasteiger partial charge is 0.390 e. The predicted molar refractivity (Wildman–Crippen MR) is 124 cm³/mol. The summed E-state index contributed by atoms with van der Waals surface area (Å²) < 4.78 is 0. The summed E-state index contributed by atoms with van der Waals surface area (Å²) in [6.07, 6.45) is 3.60. The molecule has 0 aliphatic heterocycles. The molecule has 4 N–H and O–H groups in total. The highest BCUT2D eigenvalue weighted by Gasteiger charge is 2.69. The summed E-state index contributed by atoms with van der Waals surface area (Å²) >= 11 is 0. The van der Waals surface area contributed by atoms with E-state index in [1.165, 1.54) is 0 Å². The second kappa shape index (κ2) is 7.97. The van der Waals surface area contributed by atoms with E-state index in [-0.39, 0.29) is 36.2 Å². The van der Waals surface area contributed by atoms with E-state index in [4.69, 9.17) is 0 Å². The van der Waals surface area contributed by atoms with Gasteiger partial charge in [-0.25, -0.2) is 0 Å². The molecule has 0 aromatic carbocycles. The van der Waals surface area contributed by atoms with E-state index in [2.05, 4.69) is 13.8 Å². The SMILES string of the molecule is CC(C)CC[C@@H](O)[C@](C)(O)[C@H]1CC[C@@]2(O)C3=CC(=O)[C@@H]4C[C@H](O)C(=O)C[C@]4(C)[C@H]3CC[C@]12C. The summed E-state index contributed by atoms with van der Waals surface area (Å²) in [5.41, 5.74) is -3.19. The molecule has 6 heteroatoms. The molecule has 9 atom stereocenters. The number of carbonyl (C=O) groups is 2. The van der Waals surface area contributed by atoms with Crippen molar-refractivity contribution < 1.29 is 30.0 Å². The Bertz CT molecular complexity index is 861. The van der Waals surface area contributed by atoms with E-state index in [0.29, 0.717) is 43.6 Å². The van der Waals surface area contributed by atoms with Gasteiger partial charge in [0.25, 0.3) is 0 Å². The fraction of sp³-hybridized carbons (Fsp3) is 0.852. The van der Waals surface area contributed by atoms with Crippen LogP contribution in [0.4, 0.5) is 0 Å². The molecule has 6 nitrogen and oxygen atoms in total. The van der Waals surface area contributed by atoms with Gasteiger partial charge in [0.05, 0.1) is 17.3 Å². The third-order valence-corrected chi connectivity index (χ3v) is 10.3. The second-order valence-corrected chi connectivity index (χ2v) is 12.6. The molecule has 4 aliphatic rings. The van der Waals surface area contributed by atoms with Crippen LogP contribution >= 0.6 is 0 Å². The van der Waals surface area contributed by atoms with E-state index in [0.717, 1.165) is 6.42 Å². The molecular weight excluding hydrogens is 420 g/mol. The quantitative estimate of drug-likeness (QED) is 0.499. The van der Waals surface area contributed by atoms with Crippen molar-refractivity contribution in [1.29, 1.82) is 0 Å². The van der Waals surface area contributed by atoms with Crippen molar-refractivity contribution in [3.8, 4) is 0 Å². The number of Topliss-reactive ketones (excluding diaryl/α,β-unsaturated/α-hetero) is 1. The lowest BCUT2D eigenvalue weighted by atomic mass is 9.45. The summed E-state index contributed by atoms with van der Waals surface area (Å²) in [6, 6.07) is 0. The molecule has 0 bridgehead atoms. The zero-order valence-corrected chi connectivity index (χ0v) is 20.8. The Labute approximate surface area is 197 Å². The fourth-order valence-corrected chi connectivity index (χ4v) is 8.15. The van der Waals surface area contributed by atoms with Crippen LogP contribution in [0.15, 0.2) is 11.6 Å². The summed E-state index contributed by atoms with van der Waals surface area (Å²) in [5, 5.41) is 44.8. The Balaban J connectivity index is 1.69. The molecule has 3 saturated carbocycles. The van der Waals surface area contributed by atoms with Gasteiger partial charge in [-0.3, -0.25) is 9.59 Å². The third-order valence-electron chi connectivity index (χ3n) is 10.3. The van der Waals surface area contributed by atoms with Gasteiger partial charge in [0.2, 0.25) is 0 Å². The smallest absolute Gasteiger partial charge is 0.161 e. The minimum Gasteiger partial charge on any atom is -0.390 e. The van der Waals surface area contributed by atoms with Crippen molar-refractivity contribution in [2.45, 2.75) is 109 Å². The van der Waals surface area contributed by atoms with Crippen LogP contribution in [0.2, 0.25) is 0 Å². The van der Waals surface area contributed by atoms with Crippen LogP contribution in [0.5, 0.6) is 0 Å². The van der Waals surface area contributed by atoms with E-state index in [1.54, 1.807) is 13.0 Å². The zero-order chi connectivity index (χ0) is 24.6. The fourth-order valence-electron chi connectivity index (χ4n) is 8.15. The molecule has 0 unspecified atom stereocenters. The summed E-state index contributed by atoms with van der Waals surface area (Å²) in [6.45, 7) is 9.85. The first-order valence-corrected chi connectivity index (χ1v) is 12.8. The van der Waals surface area contributed by atoms with Crippen molar-refractivity contribution >= 4 is 11.6 Å². The van der Waals surface area contributed by atoms with Crippen molar-refractivity contribution in [3.05, 3.63) is 11.6 Å². The van der Waals surface area contributed by atoms with Gasteiger partial charge in [-0.05, 0) is 86.7 Å². The molecule has 4 aliphatic carbocycles. The highest BCUT2D eigenvalue weighted by Crippen LogP contribution is 2.68. The van der Waals surface area contributed by atoms with Gasteiger partial charge in [-0.15, -0.1) is 0 Å². The van der Waals surface area contributed by atoms with E-state index >= 15 is 0 Å². The van der Waals surface area contributed by atoms with Crippen molar-refractivity contribution in [3.63, 3.8) is 0 Å². The third kappa shape index (κ3) is 3.50. The molecule has 0 amide bonds. The standard InChI is InChI=1S/C27H42O6/c1-15(2)6-7-23(31)26(5,32)22-9-11-27(33)17-12-19(28)18-13-20(29)21(30)14-24(18,3)16(17)8-10-25(22,27)4/h12,15-16,18,20,22-23,29,31-33H,6-11,13-14H2,1-5H3/t16-,18-,20-,22-,23+,24+,25+,26+,27+/m0/s1. The lowest BCUT2D eigenvalue weighted by Crippen LogP contribution is -2.62. The number of hydrogen-bond acceptors (Lipinski definition) is 6. The monoisotopic (exact) mass is 462 g/mol. The maximum atomic E-state index is 13.2.